The molecule has 0 aliphatic carbocycles. The monoisotopic (exact) mass is 264 g/mol. The Balaban J connectivity index is 1.82. The summed E-state index contributed by atoms with van der Waals surface area (Å²) in [5.74, 6) is 1.16. The molecule has 0 unspecified atom stereocenters. The molecule has 98 valence electrons. The smallest absolute Gasteiger partial charge is 0.242 e. The van der Waals surface area contributed by atoms with Crippen LogP contribution >= 0.6 is 11.8 Å². The van der Waals surface area contributed by atoms with Gasteiger partial charge in [0.15, 0.2) is 0 Å². The molecule has 3 nitrogen and oxygen atoms in total. The molecule has 1 heterocycles. The lowest BCUT2D eigenvalue weighted by molar-refractivity contribution is -0.139. The van der Waals surface area contributed by atoms with Gasteiger partial charge < -0.3 is 10.2 Å². The number of piperazine rings is 1. The highest BCUT2D eigenvalue weighted by molar-refractivity contribution is 7.99. The van der Waals surface area contributed by atoms with Gasteiger partial charge in [0.05, 0.1) is 5.54 Å². The maximum absolute atomic E-state index is 12.1. The van der Waals surface area contributed by atoms with Crippen LogP contribution in [0.5, 0.6) is 0 Å². The number of hydrogen-bond acceptors (Lipinski definition) is 3. The predicted molar refractivity (Wildman–Crippen MR) is 75.8 cm³/mol. The van der Waals surface area contributed by atoms with E-state index < -0.39 is 5.54 Å². The summed E-state index contributed by atoms with van der Waals surface area (Å²) < 4.78 is 0. The number of rotatable bonds is 4. The van der Waals surface area contributed by atoms with Crippen LogP contribution < -0.4 is 5.32 Å². The van der Waals surface area contributed by atoms with Crippen LogP contribution in [-0.2, 0) is 4.79 Å². The van der Waals surface area contributed by atoms with Crippen molar-refractivity contribution in [1.82, 2.24) is 10.2 Å². The number of benzene rings is 1. The lowest BCUT2D eigenvalue weighted by atomic mass is 10.0. The van der Waals surface area contributed by atoms with E-state index >= 15 is 0 Å². The quantitative estimate of drug-likeness (QED) is 0.844. The van der Waals surface area contributed by atoms with Gasteiger partial charge in [0.25, 0.3) is 0 Å². The summed E-state index contributed by atoms with van der Waals surface area (Å²) >= 11 is 1.80. The van der Waals surface area contributed by atoms with Crippen molar-refractivity contribution in [3.63, 3.8) is 0 Å². The second-order valence-electron chi connectivity index (χ2n) is 5.01. The molecule has 1 saturated heterocycles. The van der Waals surface area contributed by atoms with Gasteiger partial charge in [-0.2, -0.15) is 0 Å². The maximum atomic E-state index is 12.1. The van der Waals surface area contributed by atoms with Crippen LogP contribution in [0.15, 0.2) is 35.2 Å². The molecule has 1 N–H and O–H groups in total. The minimum absolute atomic E-state index is 0.211. The molecule has 0 aromatic heterocycles. The first kappa shape index (κ1) is 13.4. The number of thioether (sulfide) groups is 1. The maximum Gasteiger partial charge on any atom is 0.242 e. The molecule has 0 spiro atoms. The third-order valence-electron chi connectivity index (χ3n) is 3.14. The fourth-order valence-corrected chi connectivity index (χ4v) is 2.98. The van der Waals surface area contributed by atoms with Crippen molar-refractivity contribution in [2.45, 2.75) is 24.3 Å². The van der Waals surface area contributed by atoms with Gasteiger partial charge in [-0.05, 0) is 26.0 Å². The standard InChI is InChI=1S/C14H20N2OS/c1-14(2)13(17)16(9-8-15-14)10-11-18-12-6-4-3-5-7-12/h3-7,15H,8-11H2,1-2H3. The van der Waals surface area contributed by atoms with Crippen LogP contribution in [0.2, 0.25) is 0 Å². The van der Waals surface area contributed by atoms with Gasteiger partial charge in [-0.25, -0.2) is 0 Å². The molecule has 0 radical (unpaired) electrons. The zero-order valence-corrected chi connectivity index (χ0v) is 11.8. The molecule has 4 heteroatoms. The first-order chi connectivity index (χ1) is 8.59. The number of hydrogen-bond donors (Lipinski definition) is 1. The van der Waals surface area contributed by atoms with Crippen LogP contribution in [0.3, 0.4) is 0 Å². The van der Waals surface area contributed by atoms with Crippen LogP contribution in [-0.4, -0.2) is 41.7 Å². The Morgan fingerprint density at radius 3 is 2.78 bits per heavy atom. The fourth-order valence-electron chi connectivity index (χ4n) is 2.08. The Bertz CT molecular complexity index is 406. The van der Waals surface area contributed by atoms with Crippen molar-refractivity contribution in [3.8, 4) is 0 Å². The zero-order valence-electron chi connectivity index (χ0n) is 11.0. The van der Waals surface area contributed by atoms with Gasteiger partial charge in [-0.3, -0.25) is 4.79 Å². The Hall–Kier alpha value is -1.00. The number of amides is 1. The highest BCUT2D eigenvalue weighted by atomic mass is 32.2. The second kappa shape index (κ2) is 5.76. The van der Waals surface area contributed by atoms with E-state index in [1.807, 2.05) is 36.9 Å². The average Bonchev–Trinajstić information content (AvgIpc) is 2.36. The van der Waals surface area contributed by atoms with Crippen molar-refractivity contribution in [3.05, 3.63) is 30.3 Å². The number of nitrogens with one attached hydrogen (secondary N) is 1. The number of nitrogens with zero attached hydrogens (tertiary/aromatic N) is 1. The van der Waals surface area contributed by atoms with Crippen LogP contribution in [0.1, 0.15) is 13.8 Å². The fraction of sp³-hybridized carbons (Fsp3) is 0.500. The Labute approximate surface area is 113 Å². The van der Waals surface area contributed by atoms with E-state index in [1.165, 1.54) is 4.90 Å². The Morgan fingerprint density at radius 2 is 2.06 bits per heavy atom. The highest BCUT2D eigenvalue weighted by Crippen LogP contribution is 2.18. The molecular weight excluding hydrogens is 244 g/mol. The molecule has 1 aromatic carbocycles. The summed E-state index contributed by atoms with van der Waals surface area (Å²) in [7, 11) is 0. The zero-order chi connectivity index (χ0) is 13.0. The van der Waals surface area contributed by atoms with Gasteiger partial charge in [0.2, 0.25) is 5.91 Å². The Morgan fingerprint density at radius 1 is 1.33 bits per heavy atom. The number of carbonyl (C=O) groups is 1. The van der Waals surface area contributed by atoms with E-state index in [2.05, 4.69) is 17.4 Å². The first-order valence-corrected chi connectivity index (χ1v) is 7.30. The van der Waals surface area contributed by atoms with Crippen LogP contribution in [0, 0.1) is 0 Å². The third-order valence-corrected chi connectivity index (χ3v) is 4.14. The lowest BCUT2D eigenvalue weighted by Gasteiger charge is -2.38. The highest BCUT2D eigenvalue weighted by Gasteiger charge is 2.34. The molecule has 2 rings (SSSR count). The van der Waals surface area contributed by atoms with Crippen molar-refractivity contribution in [1.29, 1.82) is 0 Å². The van der Waals surface area contributed by atoms with Gasteiger partial charge >= 0.3 is 0 Å². The Kier molecular flexibility index (Phi) is 4.30. The van der Waals surface area contributed by atoms with Crippen molar-refractivity contribution in [2.24, 2.45) is 0 Å². The molecule has 1 aliphatic rings. The SMILES string of the molecule is CC1(C)NCCN(CCSc2ccccc2)C1=O. The van der Waals surface area contributed by atoms with Crippen molar-refractivity contribution >= 4 is 17.7 Å². The topological polar surface area (TPSA) is 32.3 Å². The molecule has 0 saturated carbocycles. The van der Waals surface area contributed by atoms with E-state index in [4.69, 9.17) is 0 Å². The summed E-state index contributed by atoms with van der Waals surface area (Å²) in [6, 6.07) is 10.3. The third kappa shape index (κ3) is 3.27. The summed E-state index contributed by atoms with van der Waals surface area (Å²) in [6.45, 7) is 6.42. The molecule has 1 aliphatic heterocycles. The van der Waals surface area contributed by atoms with E-state index in [0.29, 0.717) is 0 Å². The molecule has 0 atom stereocenters. The van der Waals surface area contributed by atoms with Crippen molar-refractivity contribution < 1.29 is 4.79 Å². The van der Waals surface area contributed by atoms with Crippen molar-refractivity contribution in [2.75, 3.05) is 25.4 Å². The summed E-state index contributed by atoms with van der Waals surface area (Å²) in [5, 5.41) is 3.25. The molecule has 1 amide bonds. The summed E-state index contributed by atoms with van der Waals surface area (Å²) in [6.07, 6.45) is 0. The van der Waals surface area contributed by atoms with Gasteiger partial charge in [0.1, 0.15) is 0 Å². The second-order valence-corrected chi connectivity index (χ2v) is 6.17. The largest absolute Gasteiger partial charge is 0.339 e. The molecule has 0 bridgehead atoms. The summed E-state index contributed by atoms with van der Waals surface area (Å²) in [5.41, 5.74) is -0.407. The molecule has 18 heavy (non-hydrogen) atoms. The van der Waals surface area contributed by atoms with Gasteiger partial charge in [-0.1, -0.05) is 18.2 Å². The van der Waals surface area contributed by atoms with E-state index in [0.717, 1.165) is 25.4 Å². The van der Waals surface area contributed by atoms with Gasteiger partial charge in [-0.15, -0.1) is 11.8 Å². The lowest BCUT2D eigenvalue weighted by Crippen LogP contribution is -2.61. The van der Waals surface area contributed by atoms with Crippen LogP contribution in [0.25, 0.3) is 0 Å². The molecule has 1 aromatic rings. The minimum atomic E-state index is -0.407. The predicted octanol–water partition coefficient (Wildman–Crippen LogP) is 1.99. The number of carbonyl (C=O) groups excluding carboxylic acids is 1. The minimum Gasteiger partial charge on any atom is -0.339 e. The van der Waals surface area contributed by atoms with E-state index in [-0.39, 0.29) is 5.91 Å². The molecule has 1 fully saturated rings. The molecular formula is C14H20N2OS. The average molecular weight is 264 g/mol. The normalized spacial score (nSPS) is 19.0. The van der Waals surface area contributed by atoms with E-state index in [1.54, 1.807) is 11.8 Å². The van der Waals surface area contributed by atoms with E-state index in [9.17, 15) is 4.79 Å². The van der Waals surface area contributed by atoms with Crippen LogP contribution in [0.4, 0.5) is 0 Å². The van der Waals surface area contributed by atoms with Gasteiger partial charge in [0, 0.05) is 30.3 Å². The summed E-state index contributed by atoms with van der Waals surface area (Å²) in [4.78, 5) is 15.4. The first-order valence-electron chi connectivity index (χ1n) is 6.32.